The smallest absolute Gasteiger partial charge is 0.300 e. The number of aliphatic carboxylic acids is 1. The van der Waals surface area contributed by atoms with Crippen LogP contribution in [-0.4, -0.2) is 22.8 Å². The zero-order chi connectivity index (χ0) is 17.7. The van der Waals surface area contributed by atoms with E-state index in [4.69, 9.17) is 26.2 Å². The van der Waals surface area contributed by atoms with Crippen LogP contribution in [-0.2, 0) is 11.3 Å². The molecule has 0 bridgehead atoms. The molecule has 1 heterocycles. The average Bonchev–Trinajstić information content (AvgIpc) is 2.84. The second-order valence-corrected chi connectivity index (χ2v) is 5.88. The van der Waals surface area contributed by atoms with Crippen molar-refractivity contribution in [2.75, 3.05) is 7.11 Å². The number of carbonyl (C=O) groups is 1. The highest BCUT2D eigenvalue weighted by Gasteiger charge is 2.07. The Labute approximate surface area is 146 Å². The van der Waals surface area contributed by atoms with Gasteiger partial charge in [0, 0.05) is 35.1 Å². The number of aryl methyl sites for hydroxylation is 1. The second kappa shape index (κ2) is 7.88. The molecule has 0 atom stereocenters. The van der Waals surface area contributed by atoms with E-state index in [0.29, 0.717) is 0 Å². The predicted octanol–water partition coefficient (Wildman–Crippen LogP) is 4.75. The number of nitrogens with zero attached hydrogens (tertiary/aromatic N) is 1. The molecule has 0 spiro atoms. The summed E-state index contributed by atoms with van der Waals surface area (Å²) in [7, 11) is 1.69. The Morgan fingerprint density at radius 2 is 1.79 bits per heavy atom. The van der Waals surface area contributed by atoms with Gasteiger partial charge < -0.3 is 14.4 Å². The number of hydrogen-bond acceptors (Lipinski definition) is 2. The highest BCUT2D eigenvalue weighted by Crippen LogP contribution is 2.25. The van der Waals surface area contributed by atoms with Crippen molar-refractivity contribution in [1.29, 1.82) is 0 Å². The Bertz CT molecular complexity index is 834. The van der Waals surface area contributed by atoms with Gasteiger partial charge in [0.25, 0.3) is 5.97 Å². The first-order valence-corrected chi connectivity index (χ1v) is 7.86. The minimum atomic E-state index is -0.833. The molecule has 0 aliphatic rings. The highest BCUT2D eigenvalue weighted by molar-refractivity contribution is 6.30. The van der Waals surface area contributed by atoms with Crippen LogP contribution in [0.3, 0.4) is 0 Å². The van der Waals surface area contributed by atoms with Crippen molar-refractivity contribution in [2.24, 2.45) is 0 Å². The van der Waals surface area contributed by atoms with Gasteiger partial charge in [0.15, 0.2) is 0 Å². The molecule has 2 aromatic carbocycles. The molecular formula is C19H20ClNO3. The number of ether oxygens (including phenoxy) is 1. The van der Waals surface area contributed by atoms with Gasteiger partial charge in [0.05, 0.1) is 7.11 Å². The van der Waals surface area contributed by atoms with E-state index >= 15 is 0 Å². The van der Waals surface area contributed by atoms with Crippen molar-refractivity contribution in [3.63, 3.8) is 0 Å². The molecule has 0 aliphatic heterocycles. The maximum absolute atomic E-state index is 9.00. The summed E-state index contributed by atoms with van der Waals surface area (Å²) >= 11 is 5.93. The van der Waals surface area contributed by atoms with Gasteiger partial charge in [0.1, 0.15) is 5.75 Å². The second-order valence-electron chi connectivity index (χ2n) is 5.44. The van der Waals surface area contributed by atoms with Gasteiger partial charge in [-0.25, -0.2) is 0 Å². The highest BCUT2D eigenvalue weighted by atomic mass is 35.5. The molecule has 24 heavy (non-hydrogen) atoms. The zero-order valence-corrected chi connectivity index (χ0v) is 14.7. The fourth-order valence-corrected chi connectivity index (χ4v) is 2.62. The van der Waals surface area contributed by atoms with Gasteiger partial charge >= 0.3 is 0 Å². The minimum Gasteiger partial charge on any atom is -0.497 e. The first kappa shape index (κ1) is 17.9. The van der Waals surface area contributed by atoms with Gasteiger partial charge in [-0.3, -0.25) is 4.79 Å². The molecule has 4 nitrogen and oxygen atoms in total. The van der Waals surface area contributed by atoms with Crippen molar-refractivity contribution < 1.29 is 14.6 Å². The standard InChI is InChI=1S/C17H16ClNO.C2H4O2/c1-12-9-14-10-16(20-2)7-8-17(14)19(12)11-13-3-5-15(18)6-4-13;1-2(3)4/h3-10H,11H2,1-2H3;1H3,(H,3,4). The number of carboxylic acid groups (broad SMARTS) is 1. The van der Waals surface area contributed by atoms with E-state index in [-0.39, 0.29) is 0 Å². The van der Waals surface area contributed by atoms with E-state index in [0.717, 1.165) is 24.2 Å². The van der Waals surface area contributed by atoms with Crippen molar-refractivity contribution in [2.45, 2.75) is 20.4 Å². The summed E-state index contributed by atoms with van der Waals surface area (Å²) in [5.41, 5.74) is 3.70. The maximum atomic E-state index is 9.00. The minimum absolute atomic E-state index is 0.771. The predicted molar refractivity (Wildman–Crippen MR) is 97.1 cm³/mol. The lowest BCUT2D eigenvalue weighted by molar-refractivity contribution is -0.134. The molecule has 0 saturated carbocycles. The monoisotopic (exact) mass is 345 g/mol. The maximum Gasteiger partial charge on any atom is 0.300 e. The lowest BCUT2D eigenvalue weighted by atomic mass is 10.2. The Morgan fingerprint density at radius 3 is 2.38 bits per heavy atom. The van der Waals surface area contributed by atoms with Crippen LogP contribution in [0.25, 0.3) is 10.9 Å². The van der Waals surface area contributed by atoms with Crippen molar-refractivity contribution in [3.8, 4) is 5.75 Å². The van der Waals surface area contributed by atoms with E-state index < -0.39 is 5.97 Å². The number of rotatable bonds is 3. The van der Waals surface area contributed by atoms with Gasteiger partial charge in [-0.1, -0.05) is 23.7 Å². The summed E-state index contributed by atoms with van der Waals surface area (Å²) in [4.78, 5) is 9.00. The summed E-state index contributed by atoms with van der Waals surface area (Å²) in [5.74, 6) is 0.0566. The van der Waals surface area contributed by atoms with Crippen LogP contribution in [0, 0.1) is 6.92 Å². The number of hydrogen-bond donors (Lipinski definition) is 1. The van der Waals surface area contributed by atoms with Crippen LogP contribution in [0.4, 0.5) is 0 Å². The summed E-state index contributed by atoms with van der Waals surface area (Å²) in [6.45, 7) is 4.06. The van der Waals surface area contributed by atoms with Gasteiger partial charge in [-0.05, 0) is 48.9 Å². The first-order chi connectivity index (χ1) is 11.4. The molecule has 0 aliphatic carbocycles. The Balaban J connectivity index is 0.000000471. The van der Waals surface area contributed by atoms with Crippen molar-refractivity contribution in [3.05, 3.63) is 64.8 Å². The molecular weight excluding hydrogens is 326 g/mol. The normalized spacial score (nSPS) is 10.2. The summed E-state index contributed by atoms with van der Waals surface area (Å²) < 4.78 is 7.58. The fourth-order valence-electron chi connectivity index (χ4n) is 2.50. The number of halogens is 1. The van der Waals surface area contributed by atoms with Crippen LogP contribution in [0.2, 0.25) is 5.02 Å². The Morgan fingerprint density at radius 1 is 1.17 bits per heavy atom. The fraction of sp³-hybridized carbons (Fsp3) is 0.211. The zero-order valence-electron chi connectivity index (χ0n) is 13.9. The molecule has 1 aromatic heterocycles. The number of fused-ring (bicyclic) bond motifs is 1. The quantitative estimate of drug-likeness (QED) is 0.745. The third-order valence-electron chi connectivity index (χ3n) is 3.57. The van der Waals surface area contributed by atoms with E-state index in [1.54, 1.807) is 7.11 Å². The lowest BCUT2D eigenvalue weighted by Gasteiger charge is -2.09. The lowest BCUT2D eigenvalue weighted by Crippen LogP contribution is -2.01. The van der Waals surface area contributed by atoms with E-state index in [9.17, 15) is 0 Å². The SMILES string of the molecule is CC(=O)O.COc1ccc2c(c1)cc(C)n2Cc1ccc(Cl)cc1. The van der Waals surface area contributed by atoms with Crippen LogP contribution in [0.15, 0.2) is 48.5 Å². The molecule has 126 valence electrons. The summed E-state index contributed by atoms with van der Waals surface area (Å²) in [6.07, 6.45) is 0. The third-order valence-corrected chi connectivity index (χ3v) is 3.82. The van der Waals surface area contributed by atoms with Crippen LogP contribution >= 0.6 is 11.6 Å². The van der Waals surface area contributed by atoms with Crippen molar-refractivity contribution in [1.82, 2.24) is 4.57 Å². The molecule has 3 aromatic rings. The van der Waals surface area contributed by atoms with Gasteiger partial charge in [-0.15, -0.1) is 0 Å². The van der Waals surface area contributed by atoms with Crippen LogP contribution in [0.5, 0.6) is 5.75 Å². The number of methoxy groups -OCH3 is 1. The molecule has 0 amide bonds. The molecule has 5 heteroatoms. The molecule has 0 saturated heterocycles. The third kappa shape index (κ3) is 4.52. The Kier molecular flexibility index (Phi) is 5.88. The summed E-state index contributed by atoms with van der Waals surface area (Å²) in [6, 6.07) is 16.4. The van der Waals surface area contributed by atoms with Crippen LogP contribution < -0.4 is 4.74 Å². The topological polar surface area (TPSA) is 51.5 Å². The molecule has 0 radical (unpaired) electrons. The van der Waals surface area contributed by atoms with Crippen molar-refractivity contribution >= 4 is 28.5 Å². The molecule has 3 rings (SSSR count). The van der Waals surface area contributed by atoms with Gasteiger partial charge in [0.2, 0.25) is 0 Å². The first-order valence-electron chi connectivity index (χ1n) is 7.48. The number of aromatic nitrogens is 1. The van der Waals surface area contributed by atoms with E-state index in [1.807, 2.05) is 18.2 Å². The van der Waals surface area contributed by atoms with E-state index in [1.165, 1.54) is 22.2 Å². The summed E-state index contributed by atoms with van der Waals surface area (Å²) in [5, 5.41) is 9.39. The molecule has 0 fully saturated rings. The van der Waals surface area contributed by atoms with Gasteiger partial charge in [-0.2, -0.15) is 0 Å². The largest absolute Gasteiger partial charge is 0.497 e. The van der Waals surface area contributed by atoms with Crippen LogP contribution in [0.1, 0.15) is 18.2 Å². The number of benzene rings is 2. The molecule has 1 N–H and O–H groups in total. The number of carboxylic acids is 1. The Hall–Kier alpha value is -2.46. The van der Waals surface area contributed by atoms with E-state index in [2.05, 4.69) is 41.8 Å². The molecule has 0 unspecified atom stereocenters. The average molecular weight is 346 g/mol.